The number of nitrogens with two attached hydrogens (primary N) is 1. The highest BCUT2D eigenvalue weighted by Gasteiger charge is 1.90. The Morgan fingerprint density at radius 3 is 1.75 bits per heavy atom. The highest BCUT2D eigenvalue weighted by molar-refractivity contribution is 5.90. The maximum atomic E-state index is 9.96. The number of carboxylic acids is 1. The molecule has 0 aromatic rings. The fourth-order valence-electron chi connectivity index (χ4n) is 0. The molecule has 0 radical (unpaired) electrons. The summed E-state index contributed by atoms with van der Waals surface area (Å²) in [6, 6.07) is 0. The van der Waals surface area contributed by atoms with Crippen molar-refractivity contribution in [1.29, 1.82) is 0 Å². The number of amides is 1. The van der Waals surface area contributed by atoms with Gasteiger partial charge in [-0.3, -0.25) is 4.79 Å². The SMILES string of the molecule is C=C(C)C(=O)O.[2H]C=C(C)C(N)=O. The normalized spacial score (nSPS) is 10.5. The number of carbonyl (C=O) groups is 2. The second kappa shape index (κ2) is 6.15. The third kappa shape index (κ3) is 11.2. The molecule has 0 unspecified atom stereocenters. The second-order valence-corrected chi connectivity index (χ2v) is 2.13. The minimum atomic E-state index is -0.935. The van der Waals surface area contributed by atoms with Crippen molar-refractivity contribution in [3.63, 3.8) is 0 Å². The predicted molar refractivity (Wildman–Crippen MR) is 46.5 cm³/mol. The smallest absolute Gasteiger partial charge is 0.330 e. The summed E-state index contributed by atoms with van der Waals surface area (Å²) in [5.74, 6) is -1.47. The number of carbonyl (C=O) groups excluding carboxylic acids is 1. The van der Waals surface area contributed by atoms with Gasteiger partial charge in [-0.1, -0.05) is 13.1 Å². The largest absolute Gasteiger partial charge is 0.478 e. The molecule has 0 rings (SSSR count). The second-order valence-electron chi connectivity index (χ2n) is 2.13. The van der Waals surface area contributed by atoms with Gasteiger partial charge < -0.3 is 10.8 Å². The molecule has 1 amide bonds. The predicted octanol–water partition coefficient (Wildman–Crippen LogP) is 0.695. The van der Waals surface area contributed by atoms with Crippen molar-refractivity contribution < 1.29 is 16.1 Å². The van der Waals surface area contributed by atoms with Crippen LogP contribution in [0.2, 0.25) is 0 Å². The van der Waals surface area contributed by atoms with Gasteiger partial charge in [-0.2, -0.15) is 0 Å². The van der Waals surface area contributed by atoms with Crippen molar-refractivity contribution in [2.75, 3.05) is 0 Å². The van der Waals surface area contributed by atoms with E-state index in [9.17, 15) is 9.59 Å². The van der Waals surface area contributed by atoms with Gasteiger partial charge in [0.2, 0.25) is 5.91 Å². The highest BCUT2D eigenvalue weighted by atomic mass is 16.4. The molecular formula is C8H13NO3. The Labute approximate surface area is 72.8 Å². The Morgan fingerprint density at radius 2 is 1.75 bits per heavy atom. The summed E-state index contributed by atoms with van der Waals surface area (Å²) >= 11 is 0. The Balaban J connectivity index is 0. The third-order valence-electron chi connectivity index (χ3n) is 0.754. The number of hydrogen-bond donors (Lipinski definition) is 2. The quantitative estimate of drug-likeness (QED) is 0.601. The summed E-state index contributed by atoms with van der Waals surface area (Å²) in [6.07, 6.45) is 0. The maximum absolute atomic E-state index is 9.96. The lowest BCUT2D eigenvalue weighted by Gasteiger charge is -1.81. The first kappa shape index (κ1) is 10.4. The zero-order valence-electron chi connectivity index (χ0n) is 8.13. The average molecular weight is 172 g/mol. The highest BCUT2D eigenvalue weighted by Crippen LogP contribution is 1.81. The Morgan fingerprint density at radius 1 is 1.42 bits per heavy atom. The van der Waals surface area contributed by atoms with Crippen LogP contribution < -0.4 is 5.73 Å². The molecule has 0 aliphatic carbocycles. The van der Waals surface area contributed by atoms with Crippen molar-refractivity contribution in [3.05, 3.63) is 24.3 Å². The number of rotatable bonds is 2. The molecule has 3 N–H and O–H groups in total. The molecule has 0 fully saturated rings. The Hall–Kier alpha value is -1.58. The molecule has 0 aromatic heterocycles. The standard InChI is InChI=1S/C4H7NO.C4H6O2/c2*1-3(2)4(5)6/h1H2,2H3,(H2,5,6);1H2,2H3,(H,5,6)/i1D;. The van der Waals surface area contributed by atoms with Gasteiger partial charge in [0.15, 0.2) is 0 Å². The average Bonchev–Trinajstić information content (AvgIpc) is 2.03. The summed E-state index contributed by atoms with van der Waals surface area (Å²) in [6.45, 7) is 7.03. The van der Waals surface area contributed by atoms with E-state index in [2.05, 4.69) is 6.58 Å². The molecule has 0 aromatic carbocycles. The van der Waals surface area contributed by atoms with Gasteiger partial charge in [0.25, 0.3) is 0 Å². The van der Waals surface area contributed by atoms with Crippen LogP contribution in [0.15, 0.2) is 24.3 Å². The van der Waals surface area contributed by atoms with Crippen LogP contribution in [0.5, 0.6) is 0 Å². The molecule has 12 heavy (non-hydrogen) atoms. The molecule has 68 valence electrons. The Kier molecular flexibility index (Phi) is 5.34. The summed E-state index contributed by atoms with van der Waals surface area (Å²) in [7, 11) is 0. The first-order valence-electron chi connectivity index (χ1n) is 3.64. The van der Waals surface area contributed by atoms with Gasteiger partial charge in [0.1, 0.15) is 0 Å². The van der Waals surface area contributed by atoms with Gasteiger partial charge in [0.05, 0.1) is 1.37 Å². The molecule has 0 heterocycles. The van der Waals surface area contributed by atoms with E-state index in [-0.39, 0.29) is 11.1 Å². The minimum Gasteiger partial charge on any atom is -0.478 e. The number of hydrogen-bond acceptors (Lipinski definition) is 2. The molecule has 0 bridgehead atoms. The van der Waals surface area contributed by atoms with E-state index in [1.165, 1.54) is 13.8 Å². The van der Waals surface area contributed by atoms with Crippen molar-refractivity contribution in [1.82, 2.24) is 0 Å². The first-order valence-corrected chi connectivity index (χ1v) is 3.06. The van der Waals surface area contributed by atoms with Crippen LogP contribution in [0.25, 0.3) is 0 Å². The number of carboxylic acid groups (broad SMARTS) is 1. The molecule has 0 saturated heterocycles. The van der Waals surface area contributed by atoms with Gasteiger partial charge in [-0.15, -0.1) is 0 Å². The van der Waals surface area contributed by atoms with Gasteiger partial charge in [-0.25, -0.2) is 4.79 Å². The van der Waals surface area contributed by atoms with E-state index in [1.807, 2.05) is 0 Å². The van der Waals surface area contributed by atoms with Crippen LogP contribution in [-0.4, -0.2) is 17.0 Å². The molecule has 4 heteroatoms. The summed E-state index contributed by atoms with van der Waals surface area (Å²) in [5, 5.41) is 7.89. The van der Waals surface area contributed by atoms with E-state index in [4.69, 9.17) is 12.2 Å². The minimum absolute atomic E-state index is 0.176. The van der Waals surface area contributed by atoms with Gasteiger partial charge in [0, 0.05) is 11.1 Å². The van der Waals surface area contributed by atoms with Crippen molar-refractivity contribution in [3.8, 4) is 0 Å². The lowest BCUT2D eigenvalue weighted by atomic mass is 10.3. The van der Waals surface area contributed by atoms with Crippen LogP contribution in [0.1, 0.15) is 15.2 Å². The van der Waals surface area contributed by atoms with E-state index in [0.29, 0.717) is 0 Å². The molecule has 0 saturated carbocycles. The Bertz CT molecular complexity index is 234. The van der Waals surface area contributed by atoms with Crippen LogP contribution in [0.3, 0.4) is 0 Å². The van der Waals surface area contributed by atoms with E-state index >= 15 is 0 Å². The third-order valence-corrected chi connectivity index (χ3v) is 0.754. The van der Waals surface area contributed by atoms with Crippen LogP contribution >= 0.6 is 0 Å². The van der Waals surface area contributed by atoms with Crippen LogP contribution in [0, 0.1) is 0 Å². The van der Waals surface area contributed by atoms with Crippen LogP contribution in [-0.2, 0) is 9.59 Å². The molecule has 0 atom stereocenters. The topological polar surface area (TPSA) is 80.4 Å². The molecule has 0 spiro atoms. The van der Waals surface area contributed by atoms with E-state index in [1.54, 1.807) is 0 Å². The zero-order valence-corrected chi connectivity index (χ0v) is 7.13. The van der Waals surface area contributed by atoms with Crippen molar-refractivity contribution >= 4 is 11.9 Å². The van der Waals surface area contributed by atoms with Gasteiger partial charge in [-0.05, 0) is 13.8 Å². The molecule has 0 aliphatic heterocycles. The van der Waals surface area contributed by atoms with Crippen molar-refractivity contribution in [2.45, 2.75) is 13.8 Å². The molecule has 4 nitrogen and oxygen atoms in total. The monoisotopic (exact) mass is 172 g/mol. The lowest BCUT2D eigenvalue weighted by Crippen LogP contribution is -2.10. The maximum Gasteiger partial charge on any atom is 0.330 e. The van der Waals surface area contributed by atoms with Crippen molar-refractivity contribution in [2.24, 2.45) is 5.73 Å². The molecule has 0 aliphatic rings. The van der Waals surface area contributed by atoms with Gasteiger partial charge >= 0.3 is 5.97 Å². The number of primary amides is 1. The fourth-order valence-corrected chi connectivity index (χ4v) is 0. The number of aliphatic carboxylic acids is 1. The van der Waals surface area contributed by atoms with E-state index in [0.717, 1.165) is 6.55 Å². The first-order chi connectivity index (χ1) is 5.82. The van der Waals surface area contributed by atoms with Crippen LogP contribution in [0.4, 0.5) is 0 Å². The summed E-state index contributed by atoms with van der Waals surface area (Å²) in [4.78, 5) is 19.6. The summed E-state index contributed by atoms with van der Waals surface area (Å²) < 4.78 is 6.48. The zero-order chi connectivity index (χ0) is 11.0. The fraction of sp³-hybridized carbons (Fsp3) is 0.250. The van der Waals surface area contributed by atoms with E-state index < -0.39 is 11.9 Å². The summed E-state index contributed by atoms with van der Waals surface area (Å²) in [5.41, 5.74) is 5.17. The lowest BCUT2D eigenvalue weighted by molar-refractivity contribution is -0.132. The molecular weight excluding hydrogens is 158 g/mol.